The van der Waals surface area contributed by atoms with Crippen LogP contribution in [0.4, 0.5) is 5.69 Å². The second-order valence-electron chi connectivity index (χ2n) is 6.59. The molecule has 2 aromatic rings. The summed E-state index contributed by atoms with van der Waals surface area (Å²) in [4.78, 5) is 39.6. The Morgan fingerprint density at radius 1 is 1.14 bits per heavy atom. The Hall–Kier alpha value is -2.54. The number of hydrogen-bond donors (Lipinski definition) is 2. The maximum absolute atomic E-state index is 12.7. The molecule has 0 saturated carbocycles. The number of carbonyl (C=O) groups is 1. The maximum Gasteiger partial charge on any atom is 0.328 e. The van der Waals surface area contributed by atoms with Gasteiger partial charge in [-0.05, 0) is 37.6 Å². The summed E-state index contributed by atoms with van der Waals surface area (Å²) in [5, 5.41) is 3.11. The van der Waals surface area contributed by atoms with Crippen LogP contribution in [-0.4, -0.2) is 22.1 Å². The first kappa shape index (κ1) is 21.8. The Balaban J connectivity index is 2.02. The highest BCUT2D eigenvalue weighted by atomic mass is 35.5. The third-order valence-corrected chi connectivity index (χ3v) is 4.56. The third-order valence-electron chi connectivity index (χ3n) is 4.31. The number of aryl methyl sites for hydroxylation is 1. The van der Waals surface area contributed by atoms with Crippen LogP contribution in [0, 0.1) is 6.92 Å². The summed E-state index contributed by atoms with van der Waals surface area (Å²) in [7, 11) is 0. The van der Waals surface area contributed by atoms with Crippen LogP contribution in [0.2, 0.25) is 5.02 Å². The predicted octanol–water partition coefficient (Wildman–Crippen LogP) is 3.49. The van der Waals surface area contributed by atoms with Crippen LogP contribution < -0.4 is 21.3 Å². The van der Waals surface area contributed by atoms with Crippen molar-refractivity contribution in [2.24, 2.45) is 0 Å². The highest BCUT2D eigenvalue weighted by Gasteiger charge is 2.14. The van der Waals surface area contributed by atoms with Gasteiger partial charge in [0, 0.05) is 17.3 Å². The summed E-state index contributed by atoms with van der Waals surface area (Å²) in [6.45, 7) is 3.75. The zero-order valence-electron chi connectivity index (χ0n) is 16.2. The van der Waals surface area contributed by atoms with Gasteiger partial charge in [-0.25, -0.2) is 4.79 Å². The quantitative estimate of drug-likeness (QED) is 0.589. The summed E-state index contributed by atoms with van der Waals surface area (Å²) in [5.41, 5.74) is -0.583. The molecule has 0 aliphatic rings. The van der Waals surface area contributed by atoms with Crippen molar-refractivity contribution in [3.05, 3.63) is 55.8 Å². The molecule has 0 radical (unpaired) electrons. The van der Waals surface area contributed by atoms with Crippen molar-refractivity contribution in [3.8, 4) is 5.75 Å². The van der Waals surface area contributed by atoms with Crippen LogP contribution in [0.25, 0.3) is 0 Å². The van der Waals surface area contributed by atoms with Gasteiger partial charge in [0.15, 0.2) is 6.61 Å². The summed E-state index contributed by atoms with van der Waals surface area (Å²) >= 11 is 5.80. The molecule has 0 unspecified atom stereocenters. The molecule has 0 fully saturated rings. The molecule has 2 N–H and O–H groups in total. The fourth-order valence-electron chi connectivity index (χ4n) is 2.76. The van der Waals surface area contributed by atoms with Gasteiger partial charge in [0.25, 0.3) is 11.5 Å². The number of carbonyl (C=O) groups excluding carboxylic acids is 1. The molecular weight excluding hydrogens is 382 g/mol. The van der Waals surface area contributed by atoms with Crippen molar-refractivity contribution in [3.63, 3.8) is 0 Å². The fraction of sp³-hybridized carbons (Fsp3) is 0.450. The van der Waals surface area contributed by atoms with Crippen molar-refractivity contribution >= 4 is 23.2 Å². The number of benzene rings is 1. The number of amides is 1. The van der Waals surface area contributed by atoms with E-state index in [9.17, 15) is 14.4 Å². The zero-order chi connectivity index (χ0) is 20.5. The molecule has 8 heteroatoms. The Morgan fingerprint density at radius 2 is 1.82 bits per heavy atom. The van der Waals surface area contributed by atoms with Gasteiger partial charge in [-0.3, -0.25) is 14.2 Å². The smallest absolute Gasteiger partial charge is 0.328 e. The summed E-state index contributed by atoms with van der Waals surface area (Å²) < 4.78 is 6.51. The number of rotatable bonds is 10. The largest absolute Gasteiger partial charge is 0.484 e. The average Bonchev–Trinajstić information content (AvgIpc) is 2.66. The van der Waals surface area contributed by atoms with Crippen LogP contribution in [0.5, 0.6) is 5.75 Å². The van der Waals surface area contributed by atoms with E-state index in [4.69, 9.17) is 16.3 Å². The number of aromatic amines is 1. The number of ether oxygens (including phenoxy) is 1. The number of nitrogens with zero attached hydrogens (tertiary/aromatic N) is 1. The van der Waals surface area contributed by atoms with Crippen LogP contribution in [0.3, 0.4) is 0 Å². The second kappa shape index (κ2) is 10.7. The molecule has 1 amide bonds. The predicted molar refractivity (Wildman–Crippen MR) is 110 cm³/mol. The fourth-order valence-corrected chi connectivity index (χ4v) is 2.88. The molecule has 1 aromatic heterocycles. The van der Waals surface area contributed by atoms with Crippen molar-refractivity contribution in [1.82, 2.24) is 9.55 Å². The second-order valence-corrected chi connectivity index (χ2v) is 7.03. The summed E-state index contributed by atoms with van der Waals surface area (Å²) in [6, 6.07) is 6.60. The molecule has 0 spiro atoms. The van der Waals surface area contributed by atoms with Gasteiger partial charge in [0.05, 0.1) is 0 Å². The minimum absolute atomic E-state index is 0.0675. The van der Waals surface area contributed by atoms with Crippen LogP contribution >= 0.6 is 11.6 Å². The lowest BCUT2D eigenvalue weighted by Crippen LogP contribution is -2.38. The van der Waals surface area contributed by atoms with Crippen molar-refractivity contribution < 1.29 is 9.53 Å². The van der Waals surface area contributed by atoms with E-state index in [1.807, 2.05) is 0 Å². The van der Waals surface area contributed by atoms with E-state index in [1.165, 1.54) is 0 Å². The summed E-state index contributed by atoms with van der Waals surface area (Å²) in [5.74, 6) is -0.000995. The first-order chi connectivity index (χ1) is 13.4. The molecule has 0 aliphatic heterocycles. The zero-order valence-corrected chi connectivity index (χ0v) is 17.0. The van der Waals surface area contributed by atoms with Crippen LogP contribution in [-0.2, 0) is 11.3 Å². The van der Waals surface area contributed by atoms with E-state index < -0.39 is 17.2 Å². The number of halogens is 1. The normalized spacial score (nSPS) is 10.7. The van der Waals surface area contributed by atoms with Gasteiger partial charge in [-0.15, -0.1) is 0 Å². The van der Waals surface area contributed by atoms with E-state index in [0.717, 1.165) is 36.7 Å². The molecule has 0 aliphatic carbocycles. The number of nitrogens with one attached hydrogen (secondary N) is 2. The van der Waals surface area contributed by atoms with Gasteiger partial charge < -0.3 is 15.0 Å². The van der Waals surface area contributed by atoms with Crippen molar-refractivity contribution in [2.75, 3.05) is 11.9 Å². The number of hydrogen-bond acceptors (Lipinski definition) is 4. The average molecular weight is 408 g/mol. The van der Waals surface area contributed by atoms with E-state index in [1.54, 1.807) is 31.2 Å². The van der Waals surface area contributed by atoms with Gasteiger partial charge in [-0.2, -0.15) is 0 Å². The highest BCUT2D eigenvalue weighted by Crippen LogP contribution is 2.15. The molecule has 1 heterocycles. The monoisotopic (exact) mass is 407 g/mol. The molecule has 0 saturated heterocycles. The molecule has 2 rings (SSSR count). The highest BCUT2D eigenvalue weighted by molar-refractivity contribution is 6.30. The van der Waals surface area contributed by atoms with Crippen LogP contribution in [0.15, 0.2) is 33.9 Å². The van der Waals surface area contributed by atoms with Gasteiger partial charge in [0.1, 0.15) is 11.4 Å². The van der Waals surface area contributed by atoms with Crippen LogP contribution in [0.1, 0.15) is 44.7 Å². The maximum atomic E-state index is 12.7. The Bertz CT molecular complexity index is 903. The molecule has 0 bridgehead atoms. The first-order valence-corrected chi connectivity index (χ1v) is 9.82. The van der Waals surface area contributed by atoms with Crippen molar-refractivity contribution in [1.29, 1.82) is 0 Å². The van der Waals surface area contributed by atoms with E-state index in [2.05, 4.69) is 17.2 Å². The SMILES string of the molecule is CCCCCCCn1c(=O)[nH]c(C)c(NC(=O)COc2ccc(Cl)cc2)c1=O. The minimum Gasteiger partial charge on any atom is -0.484 e. The number of aromatic nitrogens is 2. The molecular formula is C20H26ClN3O4. The third kappa shape index (κ3) is 6.27. The van der Waals surface area contributed by atoms with Crippen molar-refractivity contribution in [2.45, 2.75) is 52.5 Å². The molecule has 28 heavy (non-hydrogen) atoms. The molecule has 7 nitrogen and oxygen atoms in total. The Kier molecular flexibility index (Phi) is 8.32. The lowest BCUT2D eigenvalue weighted by atomic mass is 10.1. The lowest BCUT2D eigenvalue weighted by Gasteiger charge is -2.12. The topological polar surface area (TPSA) is 93.2 Å². The number of unbranched alkanes of at least 4 members (excludes halogenated alkanes) is 4. The van der Waals surface area contributed by atoms with Gasteiger partial charge in [-0.1, -0.05) is 44.2 Å². The summed E-state index contributed by atoms with van der Waals surface area (Å²) in [6.07, 6.45) is 5.01. The van der Waals surface area contributed by atoms with E-state index in [0.29, 0.717) is 23.0 Å². The minimum atomic E-state index is -0.503. The Morgan fingerprint density at radius 3 is 2.50 bits per heavy atom. The number of H-pyrrole nitrogens is 1. The molecule has 152 valence electrons. The van der Waals surface area contributed by atoms with E-state index >= 15 is 0 Å². The molecule has 0 atom stereocenters. The van der Waals surface area contributed by atoms with Gasteiger partial charge in [0.2, 0.25) is 0 Å². The Labute approximate surface area is 168 Å². The van der Waals surface area contributed by atoms with Gasteiger partial charge >= 0.3 is 5.69 Å². The lowest BCUT2D eigenvalue weighted by molar-refractivity contribution is -0.118. The number of anilines is 1. The first-order valence-electron chi connectivity index (χ1n) is 9.44. The molecule has 1 aromatic carbocycles. The van der Waals surface area contributed by atoms with E-state index in [-0.39, 0.29) is 12.3 Å². The standard InChI is InChI=1S/C20H26ClN3O4/c1-3-4-5-6-7-12-24-19(26)18(14(2)22-20(24)27)23-17(25)13-28-16-10-8-15(21)9-11-16/h8-11H,3-7,12-13H2,1-2H3,(H,22,27)(H,23,25).